The molecule has 8 heteroatoms. The summed E-state index contributed by atoms with van der Waals surface area (Å²) in [5.41, 5.74) is 2.68. The van der Waals surface area contributed by atoms with Crippen molar-refractivity contribution in [3.05, 3.63) is 53.6 Å². The minimum atomic E-state index is -0.548. The third kappa shape index (κ3) is 4.40. The van der Waals surface area contributed by atoms with Crippen LogP contribution in [0.5, 0.6) is 0 Å². The lowest BCUT2D eigenvalue weighted by Gasteiger charge is -2.33. The van der Waals surface area contributed by atoms with E-state index in [1.54, 1.807) is 29.2 Å². The first-order chi connectivity index (χ1) is 15.6. The monoisotopic (exact) mass is 454 g/mol. The molecule has 3 aliphatic heterocycles. The van der Waals surface area contributed by atoms with E-state index in [4.69, 9.17) is 16.3 Å². The summed E-state index contributed by atoms with van der Waals surface area (Å²) < 4.78 is 5.57. The highest BCUT2D eigenvalue weighted by molar-refractivity contribution is 6.30. The van der Waals surface area contributed by atoms with Gasteiger partial charge in [-0.2, -0.15) is 0 Å². The van der Waals surface area contributed by atoms with Crippen LogP contribution < -0.4 is 20.4 Å². The predicted octanol–water partition coefficient (Wildman–Crippen LogP) is 3.74. The van der Waals surface area contributed by atoms with Crippen LogP contribution in [0.4, 0.5) is 21.9 Å². The fourth-order valence-electron chi connectivity index (χ4n) is 4.87. The third-order valence-electron chi connectivity index (χ3n) is 6.61. The molecule has 2 N–H and O–H groups in total. The second-order valence-corrected chi connectivity index (χ2v) is 9.21. The number of benzene rings is 2. The van der Waals surface area contributed by atoms with Gasteiger partial charge >= 0.3 is 6.03 Å². The molecule has 2 aromatic carbocycles. The molecule has 3 fully saturated rings. The number of amides is 3. The van der Waals surface area contributed by atoms with Gasteiger partial charge < -0.3 is 25.2 Å². The van der Waals surface area contributed by atoms with E-state index in [1.807, 2.05) is 12.1 Å². The number of rotatable bonds is 4. The van der Waals surface area contributed by atoms with E-state index in [0.717, 1.165) is 38.4 Å². The molecular formula is C24H27ClN4O3. The maximum atomic E-state index is 13.1. The van der Waals surface area contributed by atoms with Gasteiger partial charge in [0.05, 0.1) is 13.2 Å². The number of urea groups is 1. The third-order valence-corrected chi connectivity index (χ3v) is 6.86. The lowest BCUT2D eigenvalue weighted by molar-refractivity contribution is -0.121. The molecular weight excluding hydrogens is 428 g/mol. The van der Waals surface area contributed by atoms with Gasteiger partial charge in [0.2, 0.25) is 5.91 Å². The summed E-state index contributed by atoms with van der Waals surface area (Å²) in [7, 11) is 0. The Hall–Kier alpha value is -2.77. The highest BCUT2D eigenvalue weighted by Crippen LogP contribution is 2.33. The first kappa shape index (κ1) is 21.1. The van der Waals surface area contributed by atoms with E-state index in [1.165, 1.54) is 5.69 Å². The number of hydrogen-bond donors (Lipinski definition) is 2. The molecule has 32 heavy (non-hydrogen) atoms. The first-order valence-electron chi connectivity index (χ1n) is 11.1. The van der Waals surface area contributed by atoms with Crippen LogP contribution in [0.2, 0.25) is 5.02 Å². The van der Waals surface area contributed by atoms with Gasteiger partial charge in [0.25, 0.3) is 0 Å². The molecule has 3 saturated heterocycles. The number of nitrogens with one attached hydrogen (secondary N) is 2. The normalized spacial score (nSPS) is 25.0. The van der Waals surface area contributed by atoms with Gasteiger partial charge in [-0.15, -0.1) is 0 Å². The molecule has 7 nitrogen and oxygen atoms in total. The van der Waals surface area contributed by atoms with Crippen molar-refractivity contribution in [2.24, 2.45) is 11.8 Å². The maximum absolute atomic E-state index is 13.1. The van der Waals surface area contributed by atoms with Crippen LogP contribution in [0, 0.1) is 11.8 Å². The Bertz CT molecular complexity index is 970. The molecule has 3 amide bonds. The second kappa shape index (κ2) is 9.00. The average molecular weight is 455 g/mol. The molecule has 2 aromatic rings. The quantitative estimate of drug-likeness (QED) is 0.738. The van der Waals surface area contributed by atoms with Gasteiger partial charge in [-0.3, -0.25) is 4.79 Å². The van der Waals surface area contributed by atoms with Crippen LogP contribution in [0.1, 0.15) is 12.8 Å². The van der Waals surface area contributed by atoms with Crippen molar-refractivity contribution in [3.8, 4) is 0 Å². The van der Waals surface area contributed by atoms with E-state index in [9.17, 15) is 9.59 Å². The molecule has 0 radical (unpaired) electrons. The van der Waals surface area contributed by atoms with Crippen molar-refractivity contribution in [2.45, 2.75) is 18.9 Å². The van der Waals surface area contributed by atoms with E-state index < -0.39 is 12.1 Å². The number of carbonyl (C=O) groups is 2. The first-order valence-corrected chi connectivity index (χ1v) is 11.5. The second-order valence-electron chi connectivity index (χ2n) is 8.77. The zero-order chi connectivity index (χ0) is 22.1. The van der Waals surface area contributed by atoms with Crippen molar-refractivity contribution in [3.63, 3.8) is 0 Å². The van der Waals surface area contributed by atoms with Gasteiger partial charge in [-0.1, -0.05) is 11.6 Å². The van der Waals surface area contributed by atoms with Crippen LogP contribution in [0.15, 0.2) is 48.5 Å². The number of halogens is 1. The van der Waals surface area contributed by atoms with Crippen LogP contribution in [-0.4, -0.2) is 50.8 Å². The highest BCUT2D eigenvalue weighted by atomic mass is 35.5. The van der Waals surface area contributed by atoms with E-state index in [2.05, 4.69) is 27.7 Å². The average Bonchev–Trinajstić information content (AvgIpc) is 3.40. The van der Waals surface area contributed by atoms with Crippen molar-refractivity contribution in [1.29, 1.82) is 0 Å². The summed E-state index contributed by atoms with van der Waals surface area (Å²) in [6.07, 6.45) is 1.45. The van der Waals surface area contributed by atoms with Crippen molar-refractivity contribution < 1.29 is 14.3 Å². The lowest BCUT2D eigenvalue weighted by atomic mass is 10.0. The SMILES string of the molecule is O=C(Nc1ccc(Cl)cc1)N[C@@H]1CCCN(c2ccc(N3C[C@H]4COC[C@H]4C3)cc2)C1=O. The maximum Gasteiger partial charge on any atom is 0.319 e. The van der Waals surface area contributed by atoms with Gasteiger partial charge in [0.1, 0.15) is 6.04 Å². The summed E-state index contributed by atoms with van der Waals surface area (Å²) in [5, 5.41) is 6.17. The molecule has 0 saturated carbocycles. The predicted molar refractivity (Wildman–Crippen MR) is 125 cm³/mol. The Kier molecular flexibility index (Phi) is 5.93. The van der Waals surface area contributed by atoms with E-state index in [-0.39, 0.29) is 5.91 Å². The lowest BCUT2D eigenvalue weighted by Crippen LogP contribution is -2.53. The van der Waals surface area contributed by atoms with Crippen LogP contribution in [0.3, 0.4) is 0 Å². The van der Waals surface area contributed by atoms with E-state index >= 15 is 0 Å². The molecule has 5 rings (SSSR count). The Morgan fingerprint density at radius 1 is 0.969 bits per heavy atom. The number of piperidine rings is 1. The number of nitrogens with zero attached hydrogens (tertiary/aromatic N) is 2. The molecule has 0 unspecified atom stereocenters. The van der Waals surface area contributed by atoms with Gasteiger partial charge in [-0.25, -0.2) is 4.79 Å². The molecule has 3 atom stereocenters. The van der Waals surface area contributed by atoms with Gasteiger partial charge in [0, 0.05) is 53.6 Å². The summed E-state index contributed by atoms with van der Waals surface area (Å²) in [5.74, 6) is 1.18. The molecule has 0 aromatic heterocycles. The van der Waals surface area contributed by atoms with Crippen LogP contribution in [0.25, 0.3) is 0 Å². The van der Waals surface area contributed by atoms with Crippen molar-refractivity contribution in [1.82, 2.24) is 5.32 Å². The van der Waals surface area contributed by atoms with Crippen molar-refractivity contribution >= 4 is 40.6 Å². The fourth-order valence-corrected chi connectivity index (χ4v) is 4.99. The Morgan fingerprint density at radius 2 is 1.62 bits per heavy atom. The molecule has 0 bridgehead atoms. The Balaban J connectivity index is 1.20. The molecule has 0 aliphatic carbocycles. The molecule has 3 heterocycles. The number of hydrogen-bond acceptors (Lipinski definition) is 4. The minimum absolute atomic E-state index is 0.0805. The number of fused-ring (bicyclic) bond motifs is 1. The minimum Gasteiger partial charge on any atom is -0.381 e. The van der Waals surface area contributed by atoms with Crippen LogP contribution >= 0.6 is 11.6 Å². The smallest absolute Gasteiger partial charge is 0.319 e. The summed E-state index contributed by atoms with van der Waals surface area (Å²) in [4.78, 5) is 29.6. The van der Waals surface area contributed by atoms with Gasteiger partial charge in [-0.05, 0) is 61.4 Å². The topological polar surface area (TPSA) is 73.9 Å². The van der Waals surface area contributed by atoms with E-state index in [0.29, 0.717) is 35.5 Å². The number of anilines is 3. The summed E-state index contributed by atoms with van der Waals surface area (Å²) >= 11 is 5.88. The summed E-state index contributed by atoms with van der Waals surface area (Å²) in [6, 6.07) is 14.1. The standard InChI is InChI=1S/C24H27ClN4O3/c25-18-3-5-19(6-4-18)26-24(31)27-22-2-1-11-29(23(22)30)21-9-7-20(8-10-21)28-12-16-14-32-15-17(16)13-28/h3-10,16-17,22H,1-2,11-15H2,(H2,26,27,31)/t16-,17+,22-/m1/s1. The summed E-state index contributed by atoms with van der Waals surface area (Å²) in [6.45, 7) is 4.44. The fraction of sp³-hybridized carbons (Fsp3) is 0.417. The molecule has 168 valence electrons. The molecule has 0 spiro atoms. The zero-order valence-corrected chi connectivity index (χ0v) is 18.6. The highest BCUT2D eigenvalue weighted by Gasteiger charge is 2.37. The number of ether oxygens (including phenoxy) is 1. The number of carbonyl (C=O) groups excluding carboxylic acids is 2. The Morgan fingerprint density at radius 3 is 2.31 bits per heavy atom. The largest absolute Gasteiger partial charge is 0.381 e. The van der Waals surface area contributed by atoms with Crippen LogP contribution in [-0.2, 0) is 9.53 Å². The Labute approximate surface area is 192 Å². The zero-order valence-electron chi connectivity index (χ0n) is 17.8. The van der Waals surface area contributed by atoms with Crippen molar-refractivity contribution in [2.75, 3.05) is 48.0 Å². The molecule has 3 aliphatic rings. The van der Waals surface area contributed by atoms with Gasteiger partial charge in [0.15, 0.2) is 0 Å².